The molecule has 6 nitrogen and oxygen atoms in total. The maximum absolute atomic E-state index is 12.0. The first-order valence-electron chi connectivity index (χ1n) is 11.0. The van der Waals surface area contributed by atoms with Gasteiger partial charge in [0.15, 0.2) is 5.60 Å². The van der Waals surface area contributed by atoms with Gasteiger partial charge in [0, 0.05) is 16.6 Å². The summed E-state index contributed by atoms with van der Waals surface area (Å²) in [6, 6.07) is 17.8. The zero-order valence-corrected chi connectivity index (χ0v) is 20.6. The molecule has 0 spiro atoms. The molecule has 33 heavy (non-hydrogen) atoms. The number of esters is 1. The van der Waals surface area contributed by atoms with Crippen LogP contribution in [0.3, 0.4) is 0 Å². The van der Waals surface area contributed by atoms with Gasteiger partial charge in [-0.2, -0.15) is 5.10 Å². The van der Waals surface area contributed by atoms with Crippen LogP contribution in [0.4, 0.5) is 0 Å². The molecule has 1 unspecified atom stereocenters. The highest BCUT2D eigenvalue weighted by molar-refractivity contribution is 6.31. The summed E-state index contributed by atoms with van der Waals surface area (Å²) in [6.07, 6.45) is 0. The summed E-state index contributed by atoms with van der Waals surface area (Å²) in [6.45, 7) is 8.23. The Morgan fingerprint density at radius 2 is 1.88 bits per heavy atom. The Balaban J connectivity index is 1.98. The number of carbonyl (C=O) groups excluding carboxylic acids is 1. The van der Waals surface area contributed by atoms with Crippen LogP contribution in [0.15, 0.2) is 54.6 Å². The molecular weight excluding hydrogens is 438 g/mol. The number of carbonyl (C=O) groups is 1. The van der Waals surface area contributed by atoms with Crippen molar-refractivity contribution in [1.29, 1.82) is 0 Å². The molecule has 2 aromatic carbocycles. The number of nitrogens with zero attached hydrogens (tertiary/aromatic N) is 2. The van der Waals surface area contributed by atoms with E-state index in [1.54, 1.807) is 13.8 Å². The lowest BCUT2D eigenvalue weighted by Gasteiger charge is -2.21. The molecule has 1 aromatic heterocycles. The van der Waals surface area contributed by atoms with Gasteiger partial charge in [-0.3, -0.25) is 4.68 Å². The monoisotopic (exact) mass is 469 g/mol. The molecule has 0 radical (unpaired) electrons. The number of aromatic nitrogens is 2. The smallest absolute Gasteiger partial charge is 0.337 e. The minimum Gasteiger partial charge on any atom is -0.467 e. The Bertz CT molecular complexity index is 1110. The van der Waals surface area contributed by atoms with Crippen LogP contribution in [0.25, 0.3) is 11.3 Å². The van der Waals surface area contributed by atoms with Gasteiger partial charge >= 0.3 is 5.97 Å². The highest BCUT2D eigenvalue weighted by Crippen LogP contribution is 2.28. The molecule has 1 heterocycles. The second kappa shape index (κ2) is 10.5. The number of hydrogen-bond donors (Lipinski definition) is 1. The highest BCUT2D eigenvalue weighted by Gasteiger charge is 2.30. The van der Waals surface area contributed by atoms with Crippen molar-refractivity contribution in [3.8, 4) is 11.3 Å². The summed E-state index contributed by atoms with van der Waals surface area (Å²) in [7, 11) is 1.35. The van der Waals surface area contributed by atoms with Gasteiger partial charge in [0.1, 0.15) is 0 Å². The number of hydrogen-bond acceptors (Lipinski definition) is 5. The zero-order valence-electron chi connectivity index (χ0n) is 19.8. The van der Waals surface area contributed by atoms with Crippen LogP contribution in [-0.4, -0.2) is 28.5 Å². The predicted molar refractivity (Wildman–Crippen MR) is 131 cm³/mol. The van der Waals surface area contributed by atoms with E-state index >= 15 is 0 Å². The van der Waals surface area contributed by atoms with Gasteiger partial charge < -0.3 is 15.2 Å². The second-order valence-electron chi connectivity index (χ2n) is 8.96. The zero-order chi connectivity index (χ0) is 24.2. The van der Waals surface area contributed by atoms with Gasteiger partial charge in [-0.05, 0) is 49.1 Å². The molecule has 0 aliphatic heterocycles. The van der Waals surface area contributed by atoms with Crippen molar-refractivity contribution in [2.24, 2.45) is 11.7 Å². The third-order valence-electron chi connectivity index (χ3n) is 5.65. The fraction of sp³-hybridized carbons (Fsp3) is 0.385. The lowest BCUT2D eigenvalue weighted by Crippen LogP contribution is -2.35. The molecule has 0 aliphatic carbocycles. The maximum Gasteiger partial charge on any atom is 0.337 e. The largest absolute Gasteiger partial charge is 0.467 e. The van der Waals surface area contributed by atoms with Gasteiger partial charge in [-0.15, -0.1) is 0 Å². The minimum atomic E-state index is -1.08. The summed E-state index contributed by atoms with van der Waals surface area (Å²) in [5, 5.41) is 5.45. The first-order chi connectivity index (χ1) is 15.6. The Hall–Kier alpha value is -2.67. The van der Waals surface area contributed by atoms with E-state index in [9.17, 15) is 4.79 Å². The van der Waals surface area contributed by atoms with Crippen molar-refractivity contribution in [2.45, 2.75) is 52.5 Å². The van der Waals surface area contributed by atoms with E-state index < -0.39 is 11.6 Å². The molecule has 7 heteroatoms. The Labute approximate surface area is 200 Å². The SMILES string of the molecule is COC(=O)C(C)(C)OCc1cc(-c2cccc(C(N)C(C)C)c2)n(Cc2ccccc2Cl)n1. The first-order valence-corrected chi connectivity index (χ1v) is 11.4. The molecule has 0 aliphatic rings. The van der Waals surface area contributed by atoms with E-state index in [1.165, 1.54) is 7.11 Å². The number of halogens is 1. The molecule has 0 bridgehead atoms. The quantitative estimate of drug-likeness (QED) is 0.426. The molecule has 176 valence electrons. The lowest BCUT2D eigenvalue weighted by atomic mass is 9.95. The third-order valence-corrected chi connectivity index (χ3v) is 6.02. The topological polar surface area (TPSA) is 79.4 Å². The first kappa shape index (κ1) is 25.0. The Morgan fingerprint density at radius 1 is 1.15 bits per heavy atom. The van der Waals surface area contributed by atoms with Crippen molar-refractivity contribution >= 4 is 17.6 Å². The van der Waals surface area contributed by atoms with E-state index in [0.29, 0.717) is 23.2 Å². The van der Waals surface area contributed by atoms with Crippen molar-refractivity contribution in [2.75, 3.05) is 7.11 Å². The molecular formula is C26H32ClN3O3. The van der Waals surface area contributed by atoms with E-state index in [4.69, 9.17) is 31.9 Å². The van der Waals surface area contributed by atoms with E-state index in [-0.39, 0.29) is 12.6 Å². The van der Waals surface area contributed by atoms with Crippen molar-refractivity contribution in [3.05, 3.63) is 76.4 Å². The van der Waals surface area contributed by atoms with Crippen LogP contribution in [0, 0.1) is 5.92 Å². The van der Waals surface area contributed by atoms with E-state index in [2.05, 4.69) is 19.9 Å². The van der Waals surface area contributed by atoms with Gasteiger partial charge in [0.2, 0.25) is 0 Å². The lowest BCUT2D eigenvalue weighted by molar-refractivity contribution is -0.166. The molecule has 3 rings (SSSR count). The number of methoxy groups -OCH3 is 1. The van der Waals surface area contributed by atoms with Crippen LogP contribution < -0.4 is 5.73 Å². The fourth-order valence-electron chi connectivity index (χ4n) is 3.53. The standard InChI is InChI=1S/C26H32ClN3O3/c1-17(2)24(28)19-11-8-10-18(13-19)23-14-21(16-33-26(3,4)25(31)32-5)29-30(23)15-20-9-6-7-12-22(20)27/h6-14,17,24H,15-16,28H2,1-5H3. The summed E-state index contributed by atoms with van der Waals surface area (Å²) in [5.41, 5.74) is 9.97. The van der Waals surface area contributed by atoms with Gasteiger partial charge in [0.05, 0.1) is 31.6 Å². The second-order valence-corrected chi connectivity index (χ2v) is 9.36. The molecule has 2 N–H and O–H groups in total. The molecule has 0 amide bonds. The van der Waals surface area contributed by atoms with Gasteiger partial charge in [-0.25, -0.2) is 4.79 Å². The van der Waals surface area contributed by atoms with E-state index in [0.717, 1.165) is 22.4 Å². The van der Waals surface area contributed by atoms with Gasteiger partial charge in [-0.1, -0.05) is 61.8 Å². The Kier molecular flexibility index (Phi) is 7.95. The third kappa shape index (κ3) is 6.02. The molecule has 1 atom stereocenters. The summed E-state index contributed by atoms with van der Waals surface area (Å²) >= 11 is 6.42. The van der Waals surface area contributed by atoms with Crippen LogP contribution in [0.1, 0.15) is 50.6 Å². The molecule has 3 aromatic rings. The molecule has 0 saturated carbocycles. The summed E-state index contributed by atoms with van der Waals surface area (Å²) in [5.74, 6) is -0.119. The number of benzene rings is 2. The average Bonchev–Trinajstić information content (AvgIpc) is 3.21. The maximum atomic E-state index is 12.0. The van der Waals surface area contributed by atoms with Crippen LogP contribution in [-0.2, 0) is 27.4 Å². The van der Waals surface area contributed by atoms with Crippen molar-refractivity contribution < 1.29 is 14.3 Å². The van der Waals surface area contributed by atoms with E-state index in [1.807, 2.05) is 53.2 Å². The fourth-order valence-corrected chi connectivity index (χ4v) is 3.73. The summed E-state index contributed by atoms with van der Waals surface area (Å²) in [4.78, 5) is 12.0. The minimum absolute atomic E-state index is 0.0615. The number of ether oxygens (including phenoxy) is 2. The summed E-state index contributed by atoms with van der Waals surface area (Å²) < 4.78 is 12.6. The van der Waals surface area contributed by atoms with Crippen molar-refractivity contribution in [1.82, 2.24) is 9.78 Å². The highest BCUT2D eigenvalue weighted by atomic mass is 35.5. The number of nitrogens with two attached hydrogens (primary N) is 1. The predicted octanol–water partition coefficient (Wildman–Crippen LogP) is 5.38. The molecule has 0 saturated heterocycles. The average molecular weight is 470 g/mol. The van der Waals surface area contributed by atoms with Crippen LogP contribution >= 0.6 is 11.6 Å². The number of rotatable bonds is 9. The van der Waals surface area contributed by atoms with Crippen molar-refractivity contribution in [3.63, 3.8) is 0 Å². The van der Waals surface area contributed by atoms with Gasteiger partial charge in [0.25, 0.3) is 0 Å². The normalized spacial score (nSPS) is 12.7. The van der Waals surface area contributed by atoms with Crippen LogP contribution in [0.2, 0.25) is 5.02 Å². The Morgan fingerprint density at radius 3 is 2.55 bits per heavy atom. The molecule has 0 fully saturated rings. The van der Waals surface area contributed by atoms with Crippen LogP contribution in [0.5, 0.6) is 0 Å².